The van der Waals surface area contributed by atoms with Crippen LogP contribution in [0.3, 0.4) is 0 Å². The molecule has 1 heterocycles. The van der Waals surface area contributed by atoms with E-state index in [0.717, 1.165) is 32.1 Å². The Morgan fingerprint density at radius 1 is 1.26 bits per heavy atom. The molecule has 23 heavy (non-hydrogen) atoms. The monoisotopic (exact) mass is 439 g/mol. The fourth-order valence-corrected chi connectivity index (χ4v) is 2.90. The molecule has 0 aromatic carbocycles. The second-order valence-electron chi connectivity index (χ2n) is 7.96. The molecular formula is C18H38IN3O. The molecule has 0 aromatic rings. The molecule has 0 aliphatic carbocycles. The first-order chi connectivity index (χ1) is 10.3. The van der Waals surface area contributed by atoms with E-state index in [1.54, 1.807) is 0 Å². The Hall–Kier alpha value is -0.0400. The number of nitrogens with zero attached hydrogens (tertiary/aromatic N) is 1. The van der Waals surface area contributed by atoms with Gasteiger partial charge in [0, 0.05) is 31.7 Å². The SMILES string of the molecule is CCNC(=NCC1CCCOC1C(C)(C)C)NC(C)C(C)C.I. The van der Waals surface area contributed by atoms with E-state index >= 15 is 0 Å². The van der Waals surface area contributed by atoms with E-state index in [1.165, 1.54) is 6.42 Å². The molecule has 0 saturated carbocycles. The first-order valence-corrected chi connectivity index (χ1v) is 8.92. The third-order valence-corrected chi connectivity index (χ3v) is 4.49. The number of hydrogen-bond donors (Lipinski definition) is 2. The van der Waals surface area contributed by atoms with E-state index in [-0.39, 0.29) is 29.4 Å². The van der Waals surface area contributed by atoms with Crippen molar-refractivity contribution in [2.45, 2.75) is 73.5 Å². The number of aliphatic imine (C=N–C) groups is 1. The fraction of sp³-hybridized carbons (Fsp3) is 0.944. The number of hydrogen-bond acceptors (Lipinski definition) is 2. The maximum absolute atomic E-state index is 6.06. The van der Waals surface area contributed by atoms with Crippen molar-refractivity contribution in [1.82, 2.24) is 10.6 Å². The molecule has 4 nitrogen and oxygen atoms in total. The minimum atomic E-state index is 0. The lowest BCUT2D eigenvalue weighted by molar-refractivity contribution is -0.0823. The average molecular weight is 439 g/mol. The van der Waals surface area contributed by atoms with Crippen molar-refractivity contribution in [3.8, 4) is 0 Å². The summed E-state index contributed by atoms with van der Waals surface area (Å²) in [6.07, 6.45) is 2.67. The molecule has 1 rings (SSSR count). The van der Waals surface area contributed by atoms with E-state index in [4.69, 9.17) is 9.73 Å². The van der Waals surface area contributed by atoms with Crippen LogP contribution in [0.15, 0.2) is 4.99 Å². The minimum Gasteiger partial charge on any atom is -0.377 e. The van der Waals surface area contributed by atoms with Crippen molar-refractivity contribution in [3.63, 3.8) is 0 Å². The molecule has 0 amide bonds. The number of rotatable bonds is 5. The Labute approximate surface area is 160 Å². The van der Waals surface area contributed by atoms with Gasteiger partial charge >= 0.3 is 0 Å². The predicted octanol–water partition coefficient (Wildman–Crippen LogP) is 4.05. The van der Waals surface area contributed by atoms with Gasteiger partial charge in [0.1, 0.15) is 0 Å². The third kappa shape index (κ3) is 8.05. The van der Waals surface area contributed by atoms with Crippen LogP contribution in [0.2, 0.25) is 0 Å². The van der Waals surface area contributed by atoms with Gasteiger partial charge in [-0.25, -0.2) is 0 Å². The Balaban J connectivity index is 0.00000484. The smallest absolute Gasteiger partial charge is 0.191 e. The maximum atomic E-state index is 6.06. The Morgan fingerprint density at radius 2 is 1.91 bits per heavy atom. The van der Waals surface area contributed by atoms with Crippen molar-refractivity contribution in [2.24, 2.45) is 22.2 Å². The number of ether oxygens (including phenoxy) is 1. The second-order valence-corrected chi connectivity index (χ2v) is 7.96. The van der Waals surface area contributed by atoms with Gasteiger partial charge in [-0.3, -0.25) is 4.99 Å². The highest BCUT2D eigenvalue weighted by Gasteiger charge is 2.35. The van der Waals surface area contributed by atoms with E-state index in [9.17, 15) is 0 Å². The molecule has 0 radical (unpaired) electrons. The molecule has 138 valence electrons. The summed E-state index contributed by atoms with van der Waals surface area (Å²) in [5.41, 5.74) is 0.178. The number of guanidine groups is 1. The van der Waals surface area contributed by atoms with Crippen LogP contribution in [-0.2, 0) is 4.74 Å². The highest BCUT2D eigenvalue weighted by atomic mass is 127. The van der Waals surface area contributed by atoms with Gasteiger partial charge in [0.25, 0.3) is 0 Å². The normalized spacial score (nSPS) is 24.1. The van der Waals surface area contributed by atoms with Crippen LogP contribution in [0.4, 0.5) is 0 Å². The van der Waals surface area contributed by atoms with E-state index in [1.807, 2.05) is 0 Å². The summed E-state index contributed by atoms with van der Waals surface area (Å²) < 4.78 is 6.06. The summed E-state index contributed by atoms with van der Waals surface area (Å²) in [6.45, 7) is 18.2. The molecule has 0 aromatic heterocycles. The van der Waals surface area contributed by atoms with Crippen LogP contribution in [0.25, 0.3) is 0 Å². The van der Waals surface area contributed by atoms with Crippen LogP contribution in [0, 0.1) is 17.3 Å². The quantitative estimate of drug-likeness (QED) is 0.386. The molecule has 0 bridgehead atoms. The van der Waals surface area contributed by atoms with Crippen LogP contribution in [0.1, 0.15) is 61.3 Å². The molecule has 1 aliphatic heterocycles. The standard InChI is InChI=1S/C18H37N3O.HI/c1-8-19-17(21-14(4)13(2)3)20-12-15-10-9-11-22-16(15)18(5,6)7;/h13-16H,8-12H2,1-7H3,(H2,19,20,21);1H. The molecule has 3 atom stereocenters. The number of nitrogens with one attached hydrogen (secondary N) is 2. The summed E-state index contributed by atoms with van der Waals surface area (Å²) in [5.74, 6) is 2.03. The van der Waals surface area contributed by atoms with Crippen LogP contribution >= 0.6 is 24.0 Å². The minimum absolute atomic E-state index is 0. The Bertz CT molecular complexity index is 353. The fourth-order valence-electron chi connectivity index (χ4n) is 2.90. The largest absolute Gasteiger partial charge is 0.377 e. The van der Waals surface area contributed by atoms with Crippen molar-refractivity contribution >= 4 is 29.9 Å². The van der Waals surface area contributed by atoms with Crippen LogP contribution in [-0.4, -0.2) is 37.8 Å². The molecule has 1 aliphatic rings. The molecular weight excluding hydrogens is 401 g/mol. The number of halogens is 1. The van der Waals surface area contributed by atoms with Gasteiger partial charge in [0.2, 0.25) is 0 Å². The third-order valence-electron chi connectivity index (χ3n) is 4.49. The van der Waals surface area contributed by atoms with Gasteiger partial charge < -0.3 is 15.4 Å². The molecule has 0 spiro atoms. The lowest BCUT2D eigenvalue weighted by atomic mass is 9.78. The Morgan fingerprint density at radius 3 is 2.43 bits per heavy atom. The molecule has 1 saturated heterocycles. The van der Waals surface area contributed by atoms with E-state index in [2.05, 4.69) is 59.1 Å². The van der Waals surface area contributed by atoms with Gasteiger partial charge in [-0.05, 0) is 38.0 Å². The topological polar surface area (TPSA) is 45.7 Å². The average Bonchev–Trinajstić information content (AvgIpc) is 2.44. The molecule has 1 fully saturated rings. The first kappa shape index (κ1) is 23.0. The predicted molar refractivity (Wildman–Crippen MR) is 111 cm³/mol. The maximum Gasteiger partial charge on any atom is 0.191 e. The van der Waals surface area contributed by atoms with Gasteiger partial charge in [-0.1, -0.05) is 34.6 Å². The molecule has 5 heteroatoms. The van der Waals surface area contributed by atoms with Gasteiger partial charge in [-0.2, -0.15) is 0 Å². The van der Waals surface area contributed by atoms with Gasteiger partial charge in [0.15, 0.2) is 5.96 Å². The Kier molecular flexibility index (Phi) is 10.7. The lowest BCUT2D eigenvalue weighted by Gasteiger charge is -2.39. The first-order valence-electron chi connectivity index (χ1n) is 8.92. The summed E-state index contributed by atoms with van der Waals surface area (Å²) in [7, 11) is 0. The zero-order valence-corrected chi connectivity index (χ0v) is 18.4. The molecule has 3 unspecified atom stereocenters. The van der Waals surface area contributed by atoms with Gasteiger partial charge in [-0.15, -0.1) is 24.0 Å². The van der Waals surface area contributed by atoms with Crippen molar-refractivity contribution in [1.29, 1.82) is 0 Å². The van der Waals surface area contributed by atoms with Crippen molar-refractivity contribution in [3.05, 3.63) is 0 Å². The highest BCUT2D eigenvalue weighted by Crippen LogP contribution is 2.34. The van der Waals surface area contributed by atoms with E-state index in [0.29, 0.717) is 24.0 Å². The van der Waals surface area contributed by atoms with Crippen molar-refractivity contribution in [2.75, 3.05) is 19.7 Å². The highest BCUT2D eigenvalue weighted by molar-refractivity contribution is 14.0. The summed E-state index contributed by atoms with van der Waals surface area (Å²) in [5, 5.41) is 6.87. The summed E-state index contributed by atoms with van der Waals surface area (Å²) in [4.78, 5) is 4.84. The van der Waals surface area contributed by atoms with Crippen molar-refractivity contribution < 1.29 is 4.74 Å². The summed E-state index contributed by atoms with van der Waals surface area (Å²) >= 11 is 0. The van der Waals surface area contributed by atoms with Gasteiger partial charge in [0.05, 0.1) is 6.10 Å². The van der Waals surface area contributed by atoms with Crippen LogP contribution < -0.4 is 10.6 Å². The molecule has 2 N–H and O–H groups in total. The second kappa shape index (κ2) is 10.7. The summed E-state index contributed by atoms with van der Waals surface area (Å²) in [6, 6.07) is 0.416. The van der Waals surface area contributed by atoms with Crippen LogP contribution in [0.5, 0.6) is 0 Å². The zero-order valence-electron chi connectivity index (χ0n) is 16.1. The lowest BCUT2D eigenvalue weighted by Crippen LogP contribution is -2.45. The van der Waals surface area contributed by atoms with E-state index < -0.39 is 0 Å². The zero-order chi connectivity index (χ0) is 16.8.